The summed E-state index contributed by atoms with van der Waals surface area (Å²) in [5, 5.41) is 27.0. The van der Waals surface area contributed by atoms with Gasteiger partial charge in [0.1, 0.15) is 24.1 Å². The fraction of sp³-hybridized carbons (Fsp3) is 0.333. The van der Waals surface area contributed by atoms with E-state index in [2.05, 4.69) is 15.2 Å². The number of carbonyl (C=O) groups is 2. The number of rotatable bonds is 7. The van der Waals surface area contributed by atoms with Gasteiger partial charge in [0.15, 0.2) is 5.69 Å². The Balaban J connectivity index is 1.85. The number of hydrogen-bond acceptors (Lipinski definition) is 8. The molecule has 0 amide bonds. The lowest BCUT2D eigenvalue weighted by molar-refractivity contribution is -0.149. The maximum Gasteiger partial charge on any atom is 0.510 e. The van der Waals surface area contributed by atoms with Crippen LogP contribution in [-0.2, 0) is 20.4 Å². The predicted molar refractivity (Wildman–Crippen MR) is 122 cm³/mol. The van der Waals surface area contributed by atoms with E-state index in [1.807, 2.05) is 6.07 Å². The first-order valence-electron chi connectivity index (χ1n) is 10.8. The fourth-order valence-electron chi connectivity index (χ4n) is 3.09. The van der Waals surface area contributed by atoms with E-state index < -0.39 is 42.2 Å². The quantitative estimate of drug-likeness (QED) is 0.429. The van der Waals surface area contributed by atoms with Crippen molar-refractivity contribution >= 4 is 12.1 Å². The van der Waals surface area contributed by atoms with Gasteiger partial charge in [0, 0.05) is 17.3 Å². The van der Waals surface area contributed by atoms with Gasteiger partial charge < -0.3 is 14.6 Å². The number of halogens is 3. The molecule has 13 heteroatoms. The van der Waals surface area contributed by atoms with Crippen LogP contribution in [0, 0.1) is 23.7 Å². The molecule has 1 unspecified atom stereocenters. The Hall–Kier alpha value is -4.47. The maximum atomic E-state index is 12.9. The summed E-state index contributed by atoms with van der Waals surface area (Å²) in [5.74, 6) is -1.16. The first kappa shape index (κ1) is 27.1. The molecule has 0 aliphatic rings. The van der Waals surface area contributed by atoms with Crippen LogP contribution in [0.3, 0.4) is 0 Å². The predicted octanol–water partition coefficient (Wildman–Crippen LogP) is 4.99. The molecule has 3 rings (SSSR count). The standard InChI is InChI=1S/C24H22F3N5O5/c1-13-7-16(15-5-6-19(29-11-15)24(25,26)27)9-17(8-13)20-18(10-28)30-32(31-20)14(2)37-22(35)36-12-23(3,4)21(33)34/h5-9,11,14H,12H2,1-4H3,(H,33,34). The molecule has 194 valence electrons. The van der Waals surface area contributed by atoms with Gasteiger partial charge in [-0.3, -0.25) is 9.78 Å². The van der Waals surface area contributed by atoms with Crippen LogP contribution in [0.15, 0.2) is 36.5 Å². The topological polar surface area (TPSA) is 140 Å². The second-order valence-electron chi connectivity index (χ2n) is 8.79. The van der Waals surface area contributed by atoms with Gasteiger partial charge >= 0.3 is 18.3 Å². The highest BCUT2D eigenvalue weighted by Crippen LogP contribution is 2.31. The number of carboxylic acid groups (broad SMARTS) is 1. The third-order valence-corrected chi connectivity index (χ3v) is 5.19. The first-order chi connectivity index (χ1) is 17.2. The Morgan fingerprint density at radius 1 is 1.14 bits per heavy atom. The van der Waals surface area contributed by atoms with Crippen molar-refractivity contribution in [2.24, 2.45) is 5.41 Å². The Labute approximate surface area is 209 Å². The van der Waals surface area contributed by atoms with Gasteiger partial charge in [-0.05, 0) is 57.0 Å². The van der Waals surface area contributed by atoms with Crippen LogP contribution >= 0.6 is 0 Å². The number of nitrogens with zero attached hydrogens (tertiary/aromatic N) is 5. The van der Waals surface area contributed by atoms with E-state index in [1.54, 1.807) is 25.1 Å². The number of hydrogen-bond donors (Lipinski definition) is 1. The Bertz CT molecular complexity index is 1360. The lowest BCUT2D eigenvalue weighted by Gasteiger charge is -2.19. The number of aromatic nitrogens is 4. The van der Waals surface area contributed by atoms with Crippen molar-refractivity contribution in [3.63, 3.8) is 0 Å². The van der Waals surface area contributed by atoms with Crippen molar-refractivity contribution in [1.82, 2.24) is 20.0 Å². The van der Waals surface area contributed by atoms with E-state index in [4.69, 9.17) is 14.6 Å². The van der Waals surface area contributed by atoms with Crippen LogP contribution in [0.5, 0.6) is 0 Å². The van der Waals surface area contributed by atoms with Crippen LogP contribution in [-0.4, -0.2) is 43.8 Å². The number of alkyl halides is 3. The lowest BCUT2D eigenvalue weighted by atomic mass is 9.95. The van der Waals surface area contributed by atoms with Gasteiger partial charge in [-0.2, -0.15) is 18.4 Å². The largest absolute Gasteiger partial charge is 0.510 e. The lowest BCUT2D eigenvalue weighted by Crippen LogP contribution is -2.31. The smallest absolute Gasteiger partial charge is 0.481 e. The van der Waals surface area contributed by atoms with Crippen LogP contribution in [0.2, 0.25) is 0 Å². The van der Waals surface area contributed by atoms with Crippen LogP contribution in [0.4, 0.5) is 18.0 Å². The highest BCUT2D eigenvalue weighted by Gasteiger charge is 2.32. The summed E-state index contributed by atoms with van der Waals surface area (Å²) in [4.78, 5) is 27.6. The molecule has 1 atom stereocenters. The molecular weight excluding hydrogens is 495 g/mol. The molecule has 0 saturated carbocycles. The average molecular weight is 517 g/mol. The van der Waals surface area contributed by atoms with Crippen LogP contribution in [0.1, 0.15) is 44.0 Å². The summed E-state index contributed by atoms with van der Waals surface area (Å²) >= 11 is 0. The molecule has 37 heavy (non-hydrogen) atoms. The van der Waals surface area contributed by atoms with Crippen molar-refractivity contribution < 1.29 is 37.3 Å². The third-order valence-electron chi connectivity index (χ3n) is 5.19. The van der Waals surface area contributed by atoms with E-state index in [1.165, 1.54) is 26.8 Å². The van der Waals surface area contributed by atoms with E-state index in [0.717, 1.165) is 22.6 Å². The summed E-state index contributed by atoms with van der Waals surface area (Å²) in [5.41, 5.74) is -0.107. The minimum absolute atomic E-state index is 0.0853. The molecule has 0 aliphatic carbocycles. The van der Waals surface area contributed by atoms with E-state index in [9.17, 15) is 28.0 Å². The molecule has 1 aromatic carbocycles. The van der Waals surface area contributed by atoms with Gasteiger partial charge in [0.2, 0.25) is 6.23 Å². The number of nitriles is 1. The Morgan fingerprint density at radius 2 is 1.81 bits per heavy atom. The van der Waals surface area contributed by atoms with Gasteiger partial charge in [-0.1, -0.05) is 12.1 Å². The van der Waals surface area contributed by atoms with Gasteiger partial charge in [-0.25, -0.2) is 4.79 Å². The van der Waals surface area contributed by atoms with Crippen LogP contribution < -0.4 is 0 Å². The summed E-state index contributed by atoms with van der Waals surface area (Å²) in [6.45, 7) is 5.51. The van der Waals surface area contributed by atoms with Crippen molar-refractivity contribution in [2.45, 2.75) is 40.1 Å². The first-order valence-corrected chi connectivity index (χ1v) is 10.8. The summed E-state index contributed by atoms with van der Waals surface area (Å²) in [6.07, 6.45) is -5.71. The molecule has 2 heterocycles. The maximum absolute atomic E-state index is 12.9. The molecule has 2 aromatic heterocycles. The molecule has 1 N–H and O–H groups in total. The van der Waals surface area contributed by atoms with Crippen molar-refractivity contribution in [3.05, 3.63) is 53.5 Å². The molecule has 0 bridgehead atoms. The summed E-state index contributed by atoms with van der Waals surface area (Å²) in [7, 11) is 0. The normalized spacial score (nSPS) is 12.5. The number of carbonyl (C=O) groups excluding carboxylic acids is 1. The molecule has 0 spiro atoms. The SMILES string of the molecule is Cc1cc(-c2ccc(C(F)(F)F)nc2)cc(-c2nn(C(C)OC(=O)OCC(C)(C)C(=O)O)nc2C#N)c1. The van der Waals surface area contributed by atoms with E-state index >= 15 is 0 Å². The zero-order chi connectivity index (χ0) is 27.5. The molecule has 0 radical (unpaired) electrons. The second-order valence-corrected chi connectivity index (χ2v) is 8.79. The fourth-order valence-corrected chi connectivity index (χ4v) is 3.09. The van der Waals surface area contributed by atoms with Gasteiger partial charge in [0.05, 0.1) is 5.41 Å². The molecular formula is C24H22F3N5O5. The number of aliphatic carboxylic acids is 1. The number of ether oxygens (including phenoxy) is 2. The number of pyridine rings is 1. The summed E-state index contributed by atoms with van der Waals surface area (Å²) < 4.78 is 48.5. The highest BCUT2D eigenvalue weighted by atomic mass is 19.4. The minimum Gasteiger partial charge on any atom is -0.481 e. The zero-order valence-electron chi connectivity index (χ0n) is 20.2. The molecule has 0 aliphatic heterocycles. The van der Waals surface area contributed by atoms with Gasteiger partial charge in [0.25, 0.3) is 0 Å². The number of aryl methyl sites for hydroxylation is 1. The molecule has 0 fully saturated rings. The zero-order valence-corrected chi connectivity index (χ0v) is 20.2. The van der Waals surface area contributed by atoms with Crippen molar-refractivity contribution in [3.8, 4) is 28.5 Å². The molecule has 10 nitrogen and oxygen atoms in total. The van der Waals surface area contributed by atoms with Crippen molar-refractivity contribution in [1.29, 1.82) is 5.26 Å². The average Bonchev–Trinajstić information content (AvgIpc) is 3.27. The Morgan fingerprint density at radius 3 is 2.38 bits per heavy atom. The molecule has 3 aromatic rings. The van der Waals surface area contributed by atoms with Gasteiger partial charge in [-0.15, -0.1) is 15.0 Å². The summed E-state index contributed by atoms with van der Waals surface area (Å²) in [6, 6.07) is 9.17. The van der Waals surface area contributed by atoms with E-state index in [0.29, 0.717) is 16.7 Å². The number of benzene rings is 1. The Kier molecular flexibility index (Phi) is 7.52. The number of carboxylic acids is 1. The monoisotopic (exact) mass is 517 g/mol. The third kappa shape index (κ3) is 6.40. The van der Waals surface area contributed by atoms with Crippen molar-refractivity contribution in [2.75, 3.05) is 6.61 Å². The molecule has 0 saturated heterocycles. The van der Waals surface area contributed by atoms with Crippen LogP contribution in [0.25, 0.3) is 22.4 Å². The minimum atomic E-state index is -4.56. The second kappa shape index (κ2) is 10.3. The highest BCUT2D eigenvalue weighted by molar-refractivity contribution is 5.75. The van der Waals surface area contributed by atoms with E-state index in [-0.39, 0.29) is 11.4 Å².